The van der Waals surface area contributed by atoms with Crippen LogP contribution in [-0.4, -0.2) is 24.2 Å². The van der Waals surface area contributed by atoms with E-state index in [0.29, 0.717) is 18.3 Å². The van der Waals surface area contributed by atoms with Gasteiger partial charge in [0.15, 0.2) is 0 Å². The van der Waals surface area contributed by atoms with Crippen molar-refractivity contribution in [2.75, 3.05) is 0 Å². The molecule has 5 rings (SSSR count). The summed E-state index contributed by atoms with van der Waals surface area (Å²) in [6, 6.07) is 7.42. The molecule has 4 aliphatic rings. The van der Waals surface area contributed by atoms with Crippen LogP contribution in [0.4, 0.5) is 13.2 Å². The molecule has 1 aromatic carbocycles. The lowest BCUT2D eigenvalue weighted by atomic mass is 9.47. The minimum absolute atomic E-state index is 0.0472. The Kier molecular flexibility index (Phi) is 6.73. The maximum absolute atomic E-state index is 13.9. The lowest BCUT2D eigenvalue weighted by Gasteiger charge is -2.57. The van der Waals surface area contributed by atoms with Crippen LogP contribution in [0.5, 0.6) is 0 Å². The van der Waals surface area contributed by atoms with E-state index < -0.39 is 24.2 Å². The molecule has 7 heteroatoms. The van der Waals surface area contributed by atoms with Gasteiger partial charge >= 0.3 is 18.1 Å². The first-order valence-electron chi connectivity index (χ1n) is 13.6. The topological polar surface area (TPSA) is 52.6 Å². The zero-order valence-electron chi connectivity index (χ0n) is 21.9. The van der Waals surface area contributed by atoms with Crippen molar-refractivity contribution >= 4 is 11.9 Å². The molecule has 202 valence electrons. The number of fused-ring (bicyclic) bond motifs is 5. The number of alkyl halides is 3. The summed E-state index contributed by atoms with van der Waals surface area (Å²) < 4.78 is 52.5. The average Bonchev–Trinajstić information content (AvgIpc) is 3.19. The van der Waals surface area contributed by atoms with Crippen LogP contribution in [0, 0.1) is 34.5 Å². The normalized spacial score (nSPS) is 37.9. The van der Waals surface area contributed by atoms with E-state index in [0.717, 1.165) is 44.9 Å². The average molecular weight is 519 g/mol. The van der Waals surface area contributed by atoms with E-state index >= 15 is 0 Å². The molecule has 0 saturated heterocycles. The quantitative estimate of drug-likeness (QED) is 0.309. The van der Waals surface area contributed by atoms with E-state index in [4.69, 9.17) is 9.47 Å². The van der Waals surface area contributed by atoms with Gasteiger partial charge in [0.25, 0.3) is 0 Å². The van der Waals surface area contributed by atoms with Crippen LogP contribution in [0.2, 0.25) is 0 Å². The second kappa shape index (κ2) is 9.46. The summed E-state index contributed by atoms with van der Waals surface area (Å²) in [5, 5.41) is 0. The Morgan fingerprint density at radius 1 is 1.00 bits per heavy atom. The first-order chi connectivity index (χ1) is 17.4. The van der Waals surface area contributed by atoms with Gasteiger partial charge in [-0.2, -0.15) is 13.2 Å². The molecule has 4 aliphatic carbocycles. The van der Waals surface area contributed by atoms with E-state index in [1.54, 1.807) is 6.07 Å². The summed E-state index contributed by atoms with van der Waals surface area (Å²) in [5.41, 5.74) is 1.03. The van der Waals surface area contributed by atoms with Crippen molar-refractivity contribution < 1.29 is 32.2 Å². The van der Waals surface area contributed by atoms with Gasteiger partial charge in [-0.05, 0) is 73.5 Å². The van der Waals surface area contributed by atoms with Gasteiger partial charge in [-0.1, -0.05) is 55.8 Å². The van der Waals surface area contributed by atoms with Gasteiger partial charge in [-0.25, -0.2) is 0 Å². The van der Waals surface area contributed by atoms with E-state index in [1.807, 2.05) is 0 Å². The van der Waals surface area contributed by atoms with Crippen molar-refractivity contribution in [3.63, 3.8) is 0 Å². The third kappa shape index (κ3) is 4.61. The van der Waals surface area contributed by atoms with Crippen molar-refractivity contribution in [2.45, 2.75) is 90.5 Å². The molecule has 3 fully saturated rings. The molecular weight excluding hydrogens is 481 g/mol. The lowest BCUT2D eigenvalue weighted by molar-refractivity contribution is -0.228. The summed E-state index contributed by atoms with van der Waals surface area (Å²) >= 11 is 0. The molecule has 0 aromatic heterocycles. The highest BCUT2D eigenvalue weighted by Gasteiger charge is 2.61. The molecule has 0 aliphatic heterocycles. The molecule has 3 saturated carbocycles. The number of carbonyl (C=O) groups excluding carboxylic acids is 2. The maximum Gasteiger partial charge on any atom is 0.429 e. The van der Waals surface area contributed by atoms with Crippen molar-refractivity contribution in [2.24, 2.45) is 34.5 Å². The summed E-state index contributed by atoms with van der Waals surface area (Å²) in [5.74, 6) is -0.306. The molecule has 0 amide bonds. The highest BCUT2D eigenvalue weighted by atomic mass is 19.4. The molecule has 37 heavy (non-hydrogen) atoms. The van der Waals surface area contributed by atoms with Gasteiger partial charge in [0, 0.05) is 18.9 Å². The number of rotatable bonds is 4. The fourth-order valence-corrected chi connectivity index (χ4v) is 8.50. The Labute approximate surface area is 217 Å². The molecule has 1 aromatic rings. The van der Waals surface area contributed by atoms with Crippen molar-refractivity contribution in [3.8, 4) is 0 Å². The Bertz CT molecular complexity index is 1070. The Morgan fingerprint density at radius 3 is 2.41 bits per heavy atom. The fourth-order valence-electron chi connectivity index (χ4n) is 8.50. The van der Waals surface area contributed by atoms with E-state index in [-0.39, 0.29) is 34.4 Å². The smallest absolute Gasteiger partial charge is 0.429 e. The van der Waals surface area contributed by atoms with Gasteiger partial charge < -0.3 is 9.47 Å². The van der Waals surface area contributed by atoms with Crippen molar-refractivity contribution in [1.82, 2.24) is 0 Å². The highest BCUT2D eigenvalue weighted by Crippen LogP contribution is 2.66. The number of hydrogen-bond donors (Lipinski definition) is 0. The van der Waals surface area contributed by atoms with Crippen molar-refractivity contribution in [1.29, 1.82) is 0 Å². The fraction of sp³-hybridized carbons (Fsp3) is 0.667. The zero-order chi connectivity index (χ0) is 26.6. The van der Waals surface area contributed by atoms with Crippen LogP contribution < -0.4 is 0 Å². The van der Waals surface area contributed by atoms with Crippen LogP contribution in [0.3, 0.4) is 0 Å². The molecule has 0 radical (unpaired) electrons. The molecule has 4 nitrogen and oxygen atoms in total. The zero-order valence-corrected chi connectivity index (χ0v) is 21.9. The highest BCUT2D eigenvalue weighted by molar-refractivity contribution is 5.74. The SMILES string of the molecule is CC(=O)O[C@H]1CC[C@@]2(C)C(=CC[C@H]3[C@@H]4CC[C@H](C(=O)O[C@H](c5ccccc5)C(F)(F)F)[C@@]4(C)CC[C@@H]32)C1. The second-order valence-corrected chi connectivity index (χ2v) is 12.2. The van der Waals surface area contributed by atoms with Gasteiger partial charge in [0.2, 0.25) is 6.10 Å². The monoisotopic (exact) mass is 518 g/mol. The summed E-state index contributed by atoms with van der Waals surface area (Å²) in [7, 11) is 0. The summed E-state index contributed by atoms with van der Waals surface area (Å²) in [6.07, 6.45) is 2.08. The third-order valence-corrected chi connectivity index (χ3v) is 10.3. The van der Waals surface area contributed by atoms with Crippen LogP contribution in [0.15, 0.2) is 42.0 Å². The minimum atomic E-state index is -4.67. The van der Waals surface area contributed by atoms with Crippen LogP contribution in [0.25, 0.3) is 0 Å². The van der Waals surface area contributed by atoms with Gasteiger partial charge in [-0.15, -0.1) is 0 Å². The predicted molar refractivity (Wildman–Crippen MR) is 132 cm³/mol. The van der Waals surface area contributed by atoms with Gasteiger partial charge in [0.1, 0.15) is 6.10 Å². The van der Waals surface area contributed by atoms with E-state index in [1.165, 1.54) is 36.8 Å². The molecule has 0 unspecified atom stereocenters. The van der Waals surface area contributed by atoms with Crippen LogP contribution in [-0.2, 0) is 19.1 Å². The molecular formula is C30H37F3O4. The Balaban J connectivity index is 1.34. The number of ether oxygens (including phenoxy) is 2. The number of esters is 2. The largest absolute Gasteiger partial charge is 0.462 e. The molecule has 0 spiro atoms. The van der Waals surface area contributed by atoms with Crippen LogP contribution in [0.1, 0.15) is 83.8 Å². The first kappa shape index (κ1) is 26.3. The summed E-state index contributed by atoms with van der Waals surface area (Å²) in [6.45, 7) is 5.91. The standard InChI is InChI=1S/C30H37F3O4/c1-18(34)36-21-13-15-28(2)20(17-21)9-10-22-23-11-12-25(29(23,3)16-14-24(22)28)27(35)37-26(30(31,32)33)19-7-5-4-6-8-19/h4-9,21-26H,10-17H2,1-3H3/t21-,22-,23-,24-,25+,26+,28-,29-/m0/s1. The predicted octanol–water partition coefficient (Wildman–Crippen LogP) is 7.34. The number of halogens is 3. The van der Waals surface area contributed by atoms with Crippen molar-refractivity contribution in [3.05, 3.63) is 47.5 Å². The third-order valence-electron chi connectivity index (χ3n) is 10.3. The minimum Gasteiger partial charge on any atom is -0.462 e. The number of benzene rings is 1. The van der Waals surface area contributed by atoms with Gasteiger partial charge in [-0.3, -0.25) is 9.59 Å². The molecule has 0 bridgehead atoms. The maximum atomic E-state index is 13.9. The van der Waals surface area contributed by atoms with Gasteiger partial charge in [0.05, 0.1) is 5.92 Å². The lowest BCUT2D eigenvalue weighted by Crippen LogP contribution is -2.51. The van der Waals surface area contributed by atoms with E-state index in [9.17, 15) is 22.8 Å². The second-order valence-electron chi connectivity index (χ2n) is 12.2. The molecule has 0 heterocycles. The Hall–Kier alpha value is -2.31. The van der Waals surface area contributed by atoms with Crippen LogP contribution >= 0.6 is 0 Å². The number of hydrogen-bond acceptors (Lipinski definition) is 4. The number of allylic oxidation sites excluding steroid dienone is 1. The number of carbonyl (C=O) groups is 2. The Morgan fingerprint density at radius 2 is 1.73 bits per heavy atom. The van der Waals surface area contributed by atoms with E-state index in [2.05, 4.69) is 19.9 Å². The summed E-state index contributed by atoms with van der Waals surface area (Å²) in [4.78, 5) is 24.8. The first-order valence-corrected chi connectivity index (χ1v) is 13.6. The molecule has 0 N–H and O–H groups in total. The molecule has 8 atom stereocenters.